The van der Waals surface area contributed by atoms with E-state index in [0.29, 0.717) is 12.8 Å². The first-order valence-electron chi connectivity index (χ1n) is 19.5. The zero-order valence-corrected chi connectivity index (χ0v) is 33.0. The SMILES string of the molecule is C1CCOC1.CC.CCC(NC(=O)OCC1c2ccccc2-c2ccccc21)C(=O)NC.CCC(NC(=O)OCC1c2ccccc2-c2ccccc21)C(=O)O. The van der Waals surface area contributed by atoms with Gasteiger partial charge in [0.2, 0.25) is 5.91 Å². The number of amides is 3. The first-order chi connectivity index (χ1) is 27.3. The number of nitrogens with one attached hydrogen (secondary N) is 3. The van der Waals surface area contributed by atoms with E-state index >= 15 is 0 Å². The van der Waals surface area contributed by atoms with Crippen LogP contribution in [0, 0.1) is 0 Å². The predicted molar refractivity (Wildman–Crippen MR) is 218 cm³/mol. The normalized spacial score (nSPS) is 14.2. The lowest BCUT2D eigenvalue weighted by Gasteiger charge is -2.18. The zero-order valence-electron chi connectivity index (χ0n) is 33.0. The number of hydrogen-bond donors (Lipinski definition) is 4. The van der Waals surface area contributed by atoms with Crippen LogP contribution >= 0.6 is 0 Å². The van der Waals surface area contributed by atoms with Crippen LogP contribution in [0.4, 0.5) is 9.59 Å². The lowest BCUT2D eigenvalue weighted by molar-refractivity contribution is -0.139. The van der Waals surface area contributed by atoms with E-state index in [1.165, 1.54) is 24.0 Å². The molecule has 4 aromatic carbocycles. The van der Waals surface area contributed by atoms with Crippen molar-refractivity contribution in [3.63, 3.8) is 0 Å². The molecule has 0 spiro atoms. The highest BCUT2D eigenvalue weighted by Crippen LogP contribution is 2.45. The fourth-order valence-electron chi connectivity index (χ4n) is 6.94. The van der Waals surface area contributed by atoms with Crippen molar-refractivity contribution in [3.05, 3.63) is 119 Å². The van der Waals surface area contributed by atoms with Crippen LogP contribution in [0.15, 0.2) is 97.1 Å². The van der Waals surface area contributed by atoms with Crippen LogP contribution < -0.4 is 16.0 Å². The molecule has 0 aromatic heterocycles. The third-order valence-electron chi connectivity index (χ3n) is 9.78. The average molecular weight is 766 g/mol. The highest BCUT2D eigenvalue weighted by Gasteiger charge is 2.31. The summed E-state index contributed by atoms with van der Waals surface area (Å²) in [6, 6.07) is 30.9. The van der Waals surface area contributed by atoms with Crippen molar-refractivity contribution < 1.29 is 38.5 Å². The number of fused-ring (bicyclic) bond motifs is 6. The summed E-state index contributed by atoms with van der Waals surface area (Å²) in [5, 5.41) is 16.5. The molecule has 11 nitrogen and oxygen atoms in total. The Morgan fingerprint density at radius 1 is 0.625 bits per heavy atom. The monoisotopic (exact) mass is 765 g/mol. The second-order valence-electron chi connectivity index (χ2n) is 13.1. The Hall–Kier alpha value is -5.68. The van der Waals surface area contributed by atoms with Gasteiger partial charge in [0.15, 0.2) is 0 Å². The number of ether oxygens (including phenoxy) is 3. The van der Waals surface area contributed by atoms with E-state index < -0.39 is 30.2 Å². The van der Waals surface area contributed by atoms with Crippen LogP contribution in [0.25, 0.3) is 22.3 Å². The minimum atomic E-state index is -1.06. The summed E-state index contributed by atoms with van der Waals surface area (Å²) in [6.07, 6.45) is 2.09. The number of rotatable bonds is 10. The van der Waals surface area contributed by atoms with Crippen molar-refractivity contribution in [1.29, 1.82) is 0 Å². The molecule has 3 aliphatic rings. The van der Waals surface area contributed by atoms with Gasteiger partial charge in [-0.1, -0.05) is 125 Å². The van der Waals surface area contributed by atoms with Crippen LogP contribution in [0.1, 0.15) is 87.5 Å². The molecule has 298 valence electrons. The number of carbonyl (C=O) groups excluding carboxylic acids is 3. The van der Waals surface area contributed by atoms with Gasteiger partial charge < -0.3 is 35.3 Å². The predicted octanol–water partition coefficient (Wildman–Crippen LogP) is 8.26. The Morgan fingerprint density at radius 2 is 0.964 bits per heavy atom. The number of carbonyl (C=O) groups is 4. The molecular weight excluding hydrogens is 711 g/mol. The van der Waals surface area contributed by atoms with Crippen LogP contribution in [0.2, 0.25) is 0 Å². The highest BCUT2D eigenvalue weighted by atomic mass is 16.6. The van der Waals surface area contributed by atoms with Gasteiger partial charge in [0, 0.05) is 32.1 Å². The largest absolute Gasteiger partial charge is 0.480 e. The maximum atomic E-state index is 12.1. The van der Waals surface area contributed by atoms with Crippen LogP contribution in [0.3, 0.4) is 0 Å². The van der Waals surface area contributed by atoms with Gasteiger partial charge in [0.1, 0.15) is 25.3 Å². The molecule has 4 aromatic rings. The molecule has 1 heterocycles. The molecule has 2 unspecified atom stereocenters. The average Bonchev–Trinajstić information content (AvgIpc) is 4.00. The summed E-state index contributed by atoms with van der Waals surface area (Å²) >= 11 is 0. The fraction of sp³-hybridized carbons (Fsp3) is 0.378. The van der Waals surface area contributed by atoms with Gasteiger partial charge in [-0.2, -0.15) is 0 Å². The van der Waals surface area contributed by atoms with Gasteiger partial charge in [-0.05, 0) is 70.2 Å². The molecule has 3 amide bonds. The van der Waals surface area contributed by atoms with E-state index in [0.717, 1.165) is 46.6 Å². The van der Waals surface area contributed by atoms with E-state index in [9.17, 15) is 19.2 Å². The Labute approximate surface area is 330 Å². The van der Waals surface area contributed by atoms with Crippen LogP contribution in [-0.4, -0.2) is 74.7 Å². The number of benzene rings is 4. The summed E-state index contributed by atoms with van der Waals surface area (Å²) < 4.78 is 15.7. The van der Waals surface area contributed by atoms with Gasteiger partial charge in [0.05, 0.1) is 0 Å². The van der Waals surface area contributed by atoms with Gasteiger partial charge in [-0.25, -0.2) is 14.4 Å². The summed E-state index contributed by atoms with van der Waals surface area (Å²) in [5.74, 6) is -1.31. The smallest absolute Gasteiger partial charge is 0.407 e. The summed E-state index contributed by atoms with van der Waals surface area (Å²) in [7, 11) is 1.55. The Kier molecular flexibility index (Phi) is 16.9. The van der Waals surface area contributed by atoms with E-state index in [4.69, 9.17) is 19.3 Å². The molecule has 0 bridgehead atoms. The van der Waals surface area contributed by atoms with E-state index in [1.54, 1.807) is 14.0 Å². The Bertz CT molecular complexity index is 1810. The molecule has 0 radical (unpaired) electrons. The Balaban J connectivity index is 0.000000212. The van der Waals surface area contributed by atoms with E-state index in [-0.39, 0.29) is 31.0 Å². The minimum absolute atomic E-state index is 0.0122. The minimum Gasteiger partial charge on any atom is -0.480 e. The number of aliphatic carboxylic acids is 1. The number of likely N-dealkylation sites (N-methyl/N-ethyl adjacent to an activating group) is 1. The fourth-order valence-corrected chi connectivity index (χ4v) is 6.94. The standard InChI is InChI=1S/C20H22N2O3.C19H19NO4.C4H8O.C2H6/c1-3-18(19(23)21-2)22-20(24)25-12-17-15-10-6-4-8-13(15)14-9-5-7-11-16(14)17;1-2-17(18(21)22)20-19(23)24-11-16-14-9-5-3-7-12(14)13-8-4-6-10-15(13)16;1-2-4-5-3-1;1-2/h4-11,17-18H,3,12H2,1-2H3,(H,21,23)(H,22,24);3-10,16-17H,2,11H2,1H3,(H,20,23)(H,21,22);1-4H2;1-2H3. The molecule has 4 N–H and O–H groups in total. The van der Waals surface area contributed by atoms with Gasteiger partial charge in [-0.3, -0.25) is 4.79 Å². The summed E-state index contributed by atoms with van der Waals surface area (Å²) in [5.41, 5.74) is 9.24. The van der Waals surface area contributed by atoms with Crippen molar-refractivity contribution in [2.75, 3.05) is 33.5 Å². The molecule has 7 rings (SSSR count). The number of hydrogen-bond acceptors (Lipinski definition) is 7. The summed E-state index contributed by atoms with van der Waals surface area (Å²) in [6.45, 7) is 9.95. The molecule has 2 atom stereocenters. The van der Waals surface area contributed by atoms with Crippen molar-refractivity contribution in [2.24, 2.45) is 0 Å². The lowest BCUT2D eigenvalue weighted by atomic mass is 9.98. The molecule has 1 saturated heterocycles. The van der Waals surface area contributed by atoms with E-state index in [2.05, 4.69) is 52.3 Å². The van der Waals surface area contributed by atoms with Crippen molar-refractivity contribution >= 4 is 24.1 Å². The molecule has 1 aliphatic heterocycles. The van der Waals surface area contributed by atoms with Gasteiger partial charge >= 0.3 is 18.2 Å². The maximum absolute atomic E-state index is 12.1. The van der Waals surface area contributed by atoms with Crippen LogP contribution in [-0.2, 0) is 23.8 Å². The second-order valence-corrected chi connectivity index (χ2v) is 13.1. The quantitative estimate of drug-likeness (QED) is 0.126. The highest BCUT2D eigenvalue weighted by molar-refractivity contribution is 5.85. The zero-order chi connectivity index (χ0) is 40.5. The first kappa shape index (κ1) is 43.1. The Morgan fingerprint density at radius 3 is 1.25 bits per heavy atom. The summed E-state index contributed by atoms with van der Waals surface area (Å²) in [4.78, 5) is 46.7. The number of carboxylic acid groups (broad SMARTS) is 1. The van der Waals surface area contributed by atoms with Crippen molar-refractivity contribution in [2.45, 2.75) is 77.3 Å². The molecule has 11 heteroatoms. The third-order valence-corrected chi connectivity index (χ3v) is 9.78. The molecule has 56 heavy (non-hydrogen) atoms. The van der Waals surface area contributed by atoms with Crippen LogP contribution in [0.5, 0.6) is 0 Å². The first-order valence-corrected chi connectivity index (χ1v) is 19.5. The molecule has 2 aliphatic carbocycles. The van der Waals surface area contributed by atoms with Gasteiger partial charge in [0.25, 0.3) is 0 Å². The number of carboxylic acids is 1. The van der Waals surface area contributed by atoms with E-state index in [1.807, 2.05) is 81.4 Å². The van der Waals surface area contributed by atoms with Gasteiger partial charge in [-0.15, -0.1) is 0 Å². The van der Waals surface area contributed by atoms with Crippen molar-refractivity contribution in [3.8, 4) is 22.3 Å². The topological polar surface area (TPSA) is 152 Å². The molecular formula is C45H55N3O8. The molecule has 1 fully saturated rings. The maximum Gasteiger partial charge on any atom is 0.407 e. The molecule has 0 saturated carbocycles. The van der Waals surface area contributed by atoms with Crippen molar-refractivity contribution in [1.82, 2.24) is 16.0 Å². The second kappa shape index (κ2) is 22.0. The third kappa shape index (κ3) is 11.0. The number of alkyl carbamates (subject to hydrolysis) is 2. The lowest BCUT2D eigenvalue weighted by Crippen LogP contribution is -2.45.